The number of nitrogens with zero attached hydrogens (tertiary/aromatic N) is 2. The van der Waals surface area contributed by atoms with E-state index >= 15 is 0 Å². The number of ether oxygens (including phenoxy) is 1. The molecule has 0 atom stereocenters. The SMILES string of the molecule is CCCCc1ccc(NC(=O)CN2C(=O)COc3ccc([N+](=O)[O-])cc32)cc1. The fourth-order valence-electron chi connectivity index (χ4n) is 2.96. The van der Waals surface area contributed by atoms with Crippen LogP contribution in [0.1, 0.15) is 25.3 Å². The van der Waals surface area contributed by atoms with Gasteiger partial charge in [0.1, 0.15) is 12.3 Å². The summed E-state index contributed by atoms with van der Waals surface area (Å²) >= 11 is 0. The maximum absolute atomic E-state index is 12.4. The van der Waals surface area contributed by atoms with Gasteiger partial charge in [0.2, 0.25) is 5.91 Å². The number of aryl methyl sites for hydroxylation is 1. The average Bonchev–Trinajstić information content (AvgIpc) is 2.69. The number of nitrogens with one attached hydrogen (secondary N) is 1. The minimum Gasteiger partial charge on any atom is -0.482 e. The Labute approximate surface area is 162 Å². The van der Waals surface area contributed by atoms with Crippen molar-refractivity contribution in [2.75, 3.05) is 23.4 Å². The van der Waals surface area contributed by atoms with Crippen LogP contribution in [0.25, 0.3) is 0 Å². The minimum absolute atomic E-state index is 0.176. The molecule has 2 aromatic carbocycles. The van der Waals surface area contributed by atoms with Crippen LogP contribution in [-0.2, 0) is 16.0 Å². The summed E-state index contributed by atoms with van der Waals surface area (Å²) in [6.45, 7) is 1.66. The molecule has 0 bridgehead atoms. The Balaban J connectivity index is 1.71. The van der Waals surface area contributed by atoms with Gasteiger partial charge in [-0.05, 0) is 36.6 Å². The average molecular weight is 383 g/mol. The Morgan fingerprint density at radius 2 is 2.00 bits per heavy atom. The first-order valence-electron chi connectivity index (χ1n) is 9.08. The number of unbranched alkanes of at least 4 members (excludes halogenated alkanes) is 1. The lowest BCUT2D eigenvalue weighted by Crippen LogP contribution is -2.43. The number of non-ortho nitro benzene ring substituents is 1. The van der Waals surface area contributed by atoms with E-state index in [1.807, 2.05) is 24.3 Å². The van der Waals surface area contributed by atoms with Gasteiger partial charge in [0.15, 0.2) is 6.61 Å². The summed E-state index contributed by atoms with van der Waals surface area (Å²) in [6, 6.07) is 11.5. The maximum atomic E-state index is 12.4. The molecule has 0 saturated heterocycles. The summed E-state index contributed by atoms with van der Waals surface area (Å²) in [5, 5.41) is 13.8. The first-order valence-corrected chi connectivity index (χ1v) is 9.08. The Morgan fingerprint density at radius 3 is 2.68 bits per heavy atom. The summed E-state index contributed by atoms with van der Waals surface area (Å²) in [7, 11) is 0. The number of amides is 2. The largest absolute Gasteiger partial charge is 0.482 e. The highest BCUT2D eigenvalue weighted by Gasteiger charge is 2.29. The number of carbonyl (C=O) groups excluding carboxylic acids is 2. The van der Waals surface area contributed by atoms with Crippen LogP contribution in [0.4, 0.5) is 17.1 Å². The molecule has 0 fully saturated rings. The Bertz CT molecular complexity index is 895. The number of fused-ring (bicyclic) bond motifs is 1. The molecular weight excluding hydrogens is 362 g/mol. The topological polar surface area (TPSA) is 102 Å². The molecule has 146 valence electrons. The Morgan fingerprint density at radius 1 is 1.25 bits per heavy atom. The molecule has 3 rings (SSSR count). The van der Waals surface area contributed by atoms with Gasteiger partial charge in [-0.15, -0.1) is 0 Å². The fourth-order valence-corrected chi connectivity index (χ4v) is 2.96. The van der Waals surface area contributed by atoms with Crippen molar-refractivity contribution in [1.82, 2.24) is 0 Å². The molecule has 0 radical (unpaired) electrons. The number of carbonyl (C=O) groups is 2. The third-order valence-corrected chi connectivity index (χ3v) is 4.45. The highest BCUT2D eigenvalue weighted by atomic mass is 16.6. The van der Waals surface area contributed by atoms with Gasteiger partial charge in [-0.3, -0.25) is 24.6 Å². The summed E-state index contributed by atoms with van der Waals surface area (Å²) in [6.07, 6.45) is 3.21. The molecule has 2 amide bonds. The van der Waals surface area contributed by atoms with Crippen molar-refractivity contribution in [2.45, 2.75) is 26.2 Å². The van der Waals surface area contributed by atoms with E-state index in [1.165, 1.54) is 28.7 Å². The zero-order valence-corrected chi connectivity index (χ0v) is 15.5. The van der Waals surface area contributed by atoms with Crippen LogP contribution in [0.15, 0.2) is 42.5 Å². The molecule has 0 aromatic heterocycles. The smallest absolute Gasteiger partial charge is 0.271 e. The van der Waals surface area contributed by atoms with Crippen LogP contribution in [0.3, 0.4) is 0 Å². The molecule has 0 unspecified atom stereocenters. The van der Waals surface area contributed by atoms with Gasteiger partial charge in [-0.2, -0.15) is 0 Å². The molecular formula is C20H21N3O5. The van der Waals surface area contributed by atoms with Gasteiger partial charge in [-0.25, -0.2) is 0 Å². The molecule has 1 aliphatic heterocycles. The van der Waals surface area contributed by atoms with Crippen LogP contribution < -0.4 is 15.0 Å². The second kappa shape index (κ2) is 8.51. The third-order valence-electron chi connectivity index (χ3n) is 4.45. The Kier molecular flexibility index (Phi) is 5.88. The van der Waals surface area contributed by atoms with Gasteiger partial charge in [0.25, 0.3) is 11.6 Å². The highest BCUT2D eigenvalue weighted by Crippen LogP contribution is 2.35. The van der Waals surface area contributed by atoms with E-state index < -0.39 is 16.7 Å². The monoisotopic (exact) mass is 383 g/mol. The van der Waals surface area contributed by atoms with Crippen LogP contribution in [0.2, 0.25) is 0 Å². The molecule has 0 spiro atoms. The Hall–Kier alpha value is -3.42. The molecule has 0 saturated carbocycles. The van der Waals surface area contributed by atoms with Gasteiger partial charge in [0, 0.05) is 17.8 Å². The standard InChI is InChI=1S/C20H21N3O5/c1-2-3-4-14-5-7-15(8-6-14)21-19(24)12-22-17-11-16(23(26)27)9-10-18(17)28-13-20(22)25/h5-11H,2-4,12-13H2,1H3,(H,21,24). The maximum Gasteiger partial charge on any atom is 0.271 e. The van der Waals surface area contributed by atoms with Crippen molar-refractivity contribution in [1.29, 1.82) is 0 Å². The first kappa shape index (κ1) is 19.3. The van der Waals surface area contributed by atoms with Crippen LogP contribution in [0.5, 0.6) is 5.75 Å². The molecule has 8 nitrogen and oxygen atoms in total. The number of rotatable bonds is 7. The number of benzene rings is 2. The highest BCUT2D eigenvalue weighted by molar-refractivity contribution is 6.05. The normalized spacial score (nSPS) is 12.9. The van der Waals surface area contributed by atoms with E-state index in [1.54, 1.807) is 0 Å². The number of anilines is 2. The quantitative estimate of drug-likeness (QED) is 0.584. The van der Waals surface area contributed by atoms with E-state index in [2.05, 4.69) is 12.2 Å². The van der Waals surface area contributed by atoms with Crippen molar-refractivity contribution in [2.24, 2.45) is 0 Å². The molecule has 1 N–H and O–H groups in total. The van der Waals surface area contributed by atoms with Crippen LogP contribution >= 0.6 is 0 Å². The van der Waals surface area contributed by atoms with Crippen LogP contribution in [0, 0.1) is 10.1 Å². The summed E-state index contributed by atoms with van der Waals surface area (Å²) < 4.78 is 5.30. The summed E-state index contributed by atoms with van der Waals surface area (Å²) in [4.78, 5) is 36.3. The summed E-state index contributed by atoms with van der Waals surface area (Å²) in [5.41, 5.74) is 1.87. The van der Waals surface area contributed by atoms with Gasteiger partial charge in [0.05, 0.1) is 10.6 Å². The third kappa shape index (κ3) is 4.46. The second-order valence-electron chi connectivity index (χ2n) is 6.53. The van der Waals surface area contributed by atoms with Crippen molar-refractivity contribution in [3.8, 4) is 5.75 Å². The number of nitro benzene ring substituents is 1. The lowest BCUT2D eigenvalue weighted by atomic mass is 10.1. The predicted molar refractivity (Wildman–Crippen MR) is 105 cm³/mol. The van der Waals surface area contributed by atoms with Crippen molar-refractivity contribution in [3.63, 3.8) is 0 Å². The van der Waals surface area contributed by atoms with Gasteiger partial charge < -0.3 is 10.1 Å². The summed E-state index contributed by atoms with van der Waals surface area (Å²) in [5.74, 6) is -0.495. The van der Waals surface area contributed by atoms with E-state index in [0.717, 1.165) is 19.3 Å². The molecule has 1 aliphatic rings. The van der Waals surface area contributed by atoms with E-state index in [4.69, 9.17) is 4.74 Å². The molecule has 1 heterocycles. The van der Waals surface area contributed by atoms with Crippen LogP contribution in [-0.4, -0.2) is 29.9 Å². The van der Waals surface area contributed by atoms with Gasteiger partial charge in [-0.1, -0.05) is 25.5 Å². The number of hydrogen-bond acceptors (Lipinski definition) is 5. The van der Waals surface area contributed by atoms with Crippen molar-refractivity contribution in [3.05, 3.63) is 58.1 Å². The lowest BCUT2D eigenvalue weighted by molar-refractivity contribution is -0.384. The van der Waals surface area contributed by atoms with E-state index in [9.17, 15) is 19.7 Å². The zero-order chi connectivity index (χ0) is 20.1. The first-order chi connectivity index (χ1) is 13.5. The van der Waals surface area contributed by atoms with Crippen molar-refractivity contribution < 1.29 is 19.2 Å². The lowest BCUT2D eigenvalue weighted by Gasteiger charge is -2.28. The van der Waals surface area contributed by atoms with E-state index in [0.29, 0.717) is 11.4 Å². The number of nitro groups is 1. The fraction of sp³-hybridized carbons (Fsp3) is 0.300. The molecule has 8 heteroatoms. The van der Waals surface area contributed by atoms with Gasteiger partial charge >= 0.3 is 0 Å². The minimum atomic E-state index is -0.558. The van der Waals surface area contributed by atoms with E-state index in [-0.39, 0.29) is 24.5 Å². The van der Waals surface area contributed by atoms with Crippen molar-refractivity contribution >= 4 is 28.9 Å². The zero-order valence-electron chi connectivity index (χ0n) is 15.5. The second-order valence-corrected chi connectivity index (χ2v) is 6.53. The molecule has 28 heavy (non-hydrogen) atoms. The predicted octanol–water partition coefficient (Wildman–Crippen LogP) is 3.30. The molecule has 0 aliphatic carbocycles. The number of hydrogen-bond donors (Lipinski definition) is 1. The molecule has 2 aromatic rings.